The van der Waals surface area contributed by atoms with Gasteiger partial charge in [0.15, 0.2) is 0 Å². The Balaban J connectivity index is 2.31. The molecule has 4 heteroatoms. The third-order valence-electron chi connectivity index (χ3n) is 3.47. The maximum absolute atomic E-state index is 5.90. The number of methoxy groups -OCH3 is 1. The molecule has 1 fully saturated rings. The average molecular weight is 250 g/mol. The van der Waals surface area contributed by atoms with E-state index in [1.54, 1.807) is 7.11 Å². The number of ether oxygens (including phenoxy) is 2. The second-order valence-corrected chi connectivity index (χ2v) is 4.63. The predicted octanol–water partition coefficient (Wildman–Crippen LogP) is 1.29. The number of benzene rings is 1. The molecule has 2 atom stereocenters. The number of hydrogen-bond donors (Lipinski definition) is 1. The monoisotopic (exact) mass is 250 g/mol. The summed E-state index contributed by atoms with van der Waals surface area (Å²) in [6, 6.07) is 8.42. The average Bonchev–Trinajstić information content (AvgIpc) is 2.39. The zero-order valence-corrected chi connectivity index (χ0v) is 11.3. The van der Waals surface area contributed by atoms with Crippen molar-refractivity contribution >= 4 is 0 Å². The Morgan fingerprint density at radius 3 is 2.94 bits per heavy atom. The van der Waals surface area contributed by atoms with Crippen LogP contribution < -0.4 is 10.1 Å². The molecule has 0 aromatic heterocycles. The van der Waals surface area contributed by atoms with Crippen LogP contribution in [0.1, 0.15) is 11.6 Å². The second kappa shape index (κ2) is 6.18. The Morgan fingerprint density at radius 2 is 2.22 bits per heavy atom. The van der Waals surface area contributed by atoms with E-state index in [0.717, 1.165) is 25.4 Å². The van der Waals surface area contributed by atoms with Crippen LogP contribution in [0.15, 0.2) is 24.3 Å². The van der Waals surface area contributed by atoms with Crippen molar-refractivity contribution in [2.45, 2.75) is 12.1 Å². The van der Waals surface area contributed by atoms with Gasteiger partial charge in [-0.15, -0.1) is 0 Å². The zero-order valence-electron chi connectivity index (χ0n) is 11.3. The van der Waals surface area contributed by atoms with Gasteiger partial charge >= 0.3 is 0 Å². The molecular weight excluding hydrogens is 228 g/mol. The summed E-state index contributed by atoms with van der Waals surface area (Å²) < 4.78 is 11.4. The normalized spacial score (nSPS) is 25.1. The molecule has 2 rings (SSSR count). The van der Waals surface area contributed by atoms with Gasteiger partial charge in [0.2, 0.25) is 0 Å². The molecule has 1 aliphatic heterocycles. The van der Waals surface area contributed by atoms with Crippen LogP contribution in [-0.4, -0.2) is 51.9 Å². The van der Waals surface area contributed by atoms with E-state index in [9.17, 15) is 0 Å². The van der Waals surface area contributed by atoms with E-state index in [4.69, 9.17) is 9.47 Å². The first-order valence-corrected chi connectivity index (χ1v) is 6.37. The number of likely N-dealkylation sites (N-methyl/N-ethyl adjacent to an activating group) is 2. The van der Waals surface area contributed by atoms with E-state index in [1.807, 2.05) is 19.2 Å². The lowest BCUT2D eigenvalue weighted by Gasteiger charge is -2.39. The molecule has 1 saturated heterocycles. The molecule has 1 aliphatic rings. The summed E-state index contributed by atoms with van der Waals surface area (Å²) in [7, 11) is 5.81. The first-order valence-electron chi connectivity index (χ1n) is 6.37. The van der Waals surface area contributed by atoms with Crippen LogP contribution in [0.2, 0.25) is 0 Å². The van der Waals surface area contributed by atoms with Gasteiger partial charge in [0.05, 0.1) is 25.9 Å². The van der Waals surface area contributed by atoms with Crippen molar-refractivity contribution in [3.05, 3.63) is 29.8 Å². The van der Waals surface area contributed by atoms with Crippen LogP contribution in [-0.2, 0) is 4.74 Å². The highest BCUT2D eigenvalue weighted by Gasteiger charge is 2.32. The van der Waals surface area contributed by atoms with Gasteiger partial charge in [0, 0.05) is 18.7 Å². The van der Waals surface area contributed by atoms with Crippen molar-refractivity contribution in [1.82, 2.24) is 10.2 Å². The van der Waals surface area contributed by atoms with Crippen LogP contribution in [0, 0.1) is 0 Å². The Labute approximate surface area is 109 Å². The van der Waals surface area contributed by atoms with Crippen molar-refractivity contribution in [2.24, 2.45) is 0 Å². The molecule has 4 nitrogen and oxygen atoms in total. The van der Waals surface area contributed by atoms with E-state index in [0.29, 0.717) is 0 Å². The first-order chi connectivity index (χ1) is 8.77. The van der Waals surface area contributed by atoms with Crippen LogP contribution in [0.25, 0.3) is 0 Å². The van der Waals surface area contributed by atoms with Crippen molar-refractivity contribution in [1.29, 1.82) is 0 Å². The summed E-state index contributed by atoms with van der Waals surface area (Å²) in [5.41, 5.74) is 1.20. The van der Waals surface area contributed by atoms with Crippen LogP contribution in [0.5, 0.6) is 5.75 Å². The number of nitrogens with zero attached hydrogens (tertiary/aromatic N) is 1. The summed E-state index contributed by atoms with van der Waals surface area (Å²) in [5, 5.41) is 3.20. The fourth-order valence-corrected chi connectivity index (χ4v) is 2.58. The fourth-order valence-electron chi connectivity index (χ4n) is 2.58. The van der Waals surface area contributed by atoms with Gasteiger partial charge in [0.25, 0.3) is 0 Å². The highest BCUT2D eigenvalue weighted by molar-refractivity contribution is 5.36. The van der Waals surface area contributed by atoms with E-state index in [1.165, 1.54) is 5.56 Å². The van der Waals surface area contributed by atoms with Gasteiger partial charge in [-0.2, -0.15) is 0 Å². The van der Waals surface area contributed by atoms with Crippen LogP contribution >= 0.6 is 0 Å². The molecule has 0 aliphatic carbocycles. The quantitative estimate of drug-likeness (QED) is 0.873. The first kappa shape index (κ1) is 13.3. The number of morpholine rings is 1. The van der Waals surface area contributed by atoms with E-state index >= 15 is 0 Å². The number of hydrogen-bond acceptors (Lipinski definition) is 4. The summed E-state index contributed by atoms with van der Waals surface area (Å²) in [6.45, 7) is 2.57. The molecule has 0 amide bonds. The minimum atomic E-state index is 0.157. The standard InChI is InChI=1S/C14H22N2O2/c1-15-10-13-14(16(2)8-9-18-13)11-6-4-5-7-12(11)17-3/h4-7,13-15H,8-10H2,1-3H3. The molecule has 1 N–H and O–H groups in total. The lowest BCUT2D eigenvalue weighted by Crippen LogP contribution is -2.47. The van der Waals surface area contributed by atoms with Gasteiger partial charge in [-0.25, -0.2) is 0 Å². The maximum atomic E-state index is 5.90. The maximum Gasteiger partial charge on any atom is 0.123 e. The zero-order chi connectivity index (χ0) is 13.0. The van der Waals surface area contributed by atoms with Crippen LogP contribution in [0.3, 0.4) is 0 Å². The van der Waals surface area contributed by atoms with Gasteiger partial charge in [-0.3, -0.25) is 4.90 Å². The van der Waals surface area contributed by atoms with Gasteiger partial charge in [-0.1, -0.05) is 18.2 Å². The molecule has 0 radical (unpaired) electrons. The number of nitrogens with one attached hydrogen (secondary N) is 1. The van der Waals surface area contributed by atoms with E-state index in [2.05, 4.69) is 29.4 Å². The molecule has 0 spiro atoms. The SMILES string of the molecule is CNCC1OCCN(C)C1c1ccccc1OC. The molecule has 18 heavy (non-hydrogen) atoms. The van der Waals surface area contributed by atoms with Gasteiger partial charge in [-0.05, 0) is 20.2 Å². The van der Waals surface area contributed by atoms with Crippen molar-refractivity contribution in [2.75, 3.05) is 40.9 Å². The van der Waals surface area contributed by atoms with E-state index in [-0.39, 0.29) is 12.1 Å². The molecule has 1 aromatic carbocycles. The molecule has 2 unspecified atom stereocenters. The Hall–Kier alpha value is -1.10. The Kier molecular flexibility index (Phi) is 4.58. The van der Waals surface area contributed by atoms with Gasteiger partial charge < -0.3 is 14.8 Å². The van der Waals surface area contributed by atoms with Crippen LogP contribution in [0.4, 0.5) is 0 Å². The van der Waals surface area contributed by atoms with Crippen molar-refractivity contribution in [3.63, 3.8) is 0 Å². The summed E-state index contributed by atoms with van der Waals surface area (Å²) >= 11 is 0. The summed E-state index contributed by atoms with van der Waals surface area (Å²) in [4.78, 5) is 2.34. The highest BCUT2D eigenvalue weighted by atomic mass is 16.5. The lowest BCUT2D eigenvalue weighted by molar-refractivity contribution is -0.0612. The minimum Gasteiger partial charge on any atom is -0.496 e. The summed E-state index contributed by atoms with van der Waals surface area (Å²) in [5.74, 6) is 0.931. The molecule has 0 saturated carbocycles. The largest absolute Gasteiger partial charge is 0.496 e. The Bertz CT molecular complexity index is 382. The molecule has 100 valence electrons. The smallest absolute Gasteiger partial charge is 0.123 e. The topological polar surface area (TPSA) is 33.7 Å². The molecular formula is C14H22N2O2. The highest BCUT2D eigenvalue weighted by Crippen LogP contribution is 2.33. The third-order valence-corrected chi connectivity index (χ3v) is 3.47. The summed E-state index contributed by atoms with van der Waals surface area (Å²) in [6.07, 6.45) is 0.157. The molecule has 1 heterocycles. The van der Waals surface area contributed by atoms with Crippen molar-refractivity contribution in [3.8, 4) is 5.75 Å². The minimum absolute atomic E-state index is 0.157. The predicted molar refractivity (Wildman–Crippen MR) is 72.0 cm³/mol. The molecule has 1 aromatic rings. The number of para-hydroxylation sites is 1. The lowest BCUT2D eigenvalue weighted by atomic mass is 9.97. The fraction of sp³-hybridized carbons (Fsp3) is 0.571. The Morgan fingerprint density at radius 1 is 1.44 bits per heavy atom. The number of rotatable bonds is 4. The second-order valence-electron chi connectivity index (χ2n) is 4.63. The van der Waals surface area contributed by atoms with Gasteiger partial charge in [0.1, 0.15) is 5.75 Å². The van der Waals surface area contributed by atoms with Crippen molar-refractivity contribution < 1.29 is 9.47 Å². The third kappa shape index (κ3) is 2.66. The van der Waals surface area contributed by atoms with E-state index < -0.39 is 0 Å². The molecule has 0 bridgehead atoms.